The van der Waals surface area contributed by atoms with Gasteiger partial charge in [-0.05, 0) is 43.2 Å². The Kier molecular flexibility index (Phi) is 5.69. The Morgan fingerprint density at radius 2 is 1.86 bits per heavy atom. The van der Waals surface area contributed by atoms with Gasteiger partial charge < -0.3 is 10.1 Å². The zero-order valence-corrected chi connectivity index (χ0v) is 13.9. The lowest BCUT2D eigenvalue weighted by Crippen LogP contribution is -2.30. The summed E-state index contributed by atoms with van der Waals surface area (Å²) in [5, 5.41) is 3.42. The summed E-state index contributed by atoms with van der Waals surface area (Å²) >= 11 is 12.0. The third-order valence-electron chi connectivity index (χ3n) is 3.22. The Hall–Kier alpha value is -1.71. The number of aryl methyl sites for hydroxylation is 1. The number of rotatable bonds is 5. The number of halogens is 2. The van der Waals surface area contributed by atoms with Crippen LogP contribution in [-0.2, 0) is 11.2 Å². The standard InChI is InChI=1S/C17H17Cl2NO2/c1-3-12-7-9-13(10-8-12)22-11(2)17(21)20-15-6-4-5-14(18)16(15)19/h4-11H,3H2,1-2H3,(H,20,21)/t11-/m0/s1. The molecule has 0 saturated carbocycles. The van der Waals surface area contributed by atoms with E-state index in [4.69, 9.17) is 27.9 Å². The number of hydrogen-bond donors (Lipinski definition) is 1. The number of benzene rings is 2. The van der Waals surface area contributed by atoms with Gasteiger partial charge in [0.1, 0.15) is 5.75 Å². The molecule has 1 amide bonds. The van der Waals surface area contributed by atoms with Gasteiger partial charge in [0.2, 0.25) is 0 Å². The second-order valence-corrected chi connectivity index (χ2v) is 5.63. The Bertz CT molecular complexity index is 656. The van der Waals surface area contributed by atoms with Gasteiger partial charge in [-0.15, -0.1) is 0 Å². The molecular formula is C17H17Cl2NO2. The summed E-state index contributed by atoms with van der Waals surface area (Å²) in [6, 6.07) is 12.7. The fourth-order valence-electron chi connectivity index (χ4n) is 1.90. The fraction of sp³-hybridized carbons (Fsp3) is 0.235. The van der Waals surface area contributed by atoms with Gasteiger partial charge in [0, 0.05) is 0 Å². The summed E-state index contributed by atoms with van der Waals surface area (Å²) < 4.78 is 5.63. The molecule has 2 aromatic carbocycles. The molecule has 0 aliphatic rings. The number of ether oxygens (including phenoxy) is 1. The van der Waals surface area contributed by atoms with E-state index in [1.807, 2.05) is 24.3 Å². The van der Waals surface area contributed by atoms with Gasteiger partial charge in [0.05, 0.1) is 15.7 Å². The van der Waals surface area contributed by atoms with Crippen molar-refractivity contribution in [2.75, 3.05) is 5.32 Å². The molecule has 22 heavy (non-hydrogen) atoms. The predicted molar refractivity (Wildman–Crippen MR) is 91.0 cm³/mol. The molecule has 2 aromatic rings. The lowest BCUT2D eigenvalue weighted by atomic mass is 10.2. The summed E-state index contributed by atoms with van der Waals surface area (Å²) in [7, 11) is 0. The van der Waals surface area contributed by atoms with Crippen molar-refractivity contribution in [3.05, 3.63) is 58.1 Å². The van der Waals surface area contributed by atoms with Crippen LogP contribution in [0.5, 0.6) is 5.75 Å². The van der Waals surface area contributed by atoms with Crippen LogP contribution >= 0.6 is 23.2 Å². The Morgan fingerprint density at radius 1 is 1.18 bits per heavy atom. The summed E-state index contributed by atoms with van der Waals surface area (Å²) in [4.78, 5) is 12.2. The Balaban J connectivity index is 2.01. The Labute approximate surface area is 140 Å². The summed E-state index contributed by atoms with van der Waals surface area (Å²) in [6.45, 7) is 3.77. The van der Waals surface area contributed by atoms with Crippen LogP contribution in [0.25, 0.3) is 0 Å². The van der Waals surface area contributed by atoms with E-state index < -0.39 is 6.10 Å². The smallest absolute Gasteiger partial charge is 0.265 e. The lowest BCUT2D eigenvalue weighted by Gasteiger charge is -2.15. The molecule has 0 bridgehead atoms. The third-order valence-corrected chi connectivity index (χ3v) is 4.04. The van der Waals surface area contributed by atoms with E-state index in [-0.39, 0.29) is 5.91 Å². The minimum absolute atomic E-state index is 0.288. The maximum atomic E-state index is 12.2. The first-order valence-electron chi connectivity index (χ1n) is 7.01. The van der Waals surface area contributed by atoms with Crippen molar-refractivity contribution in [2.24, 2.45) is 0 Å². The van der Waals surface area contributed by atoms with Gasteiger partial charge in [0.15, 0.2) is 6.10 Å². The van der Waals surface area contributed by atoms with Crippen molar-refractivity contribution >= 4 is 34.8 Å². The molecule has 0 aliphatic carbocycles. The number of hydrogen-bond acceptors (Lipinski definition) is 2. The van der Waals surface area contributed by atoms with Crippen molar-refractivity contribution in [1.29, 1.82) is 0 Å². The average Bonchev–Trinajstić information content (AvgIpc) is 2.52. The summed E-state index contributed by atoms with van der Waals surface area (Å²) in [5.41, 5.74) is 1.69. The number of carbonyl (C=O) groups is 1. The lowest BCUT2D eigenvalue weighted by molar-refractivity contribution is -0.122. The highest BCUT2D eigenvalue weighted by Gasteiger charge is 2.16. The summed E-state index contributed by atoms with van der Waals surface area (Å²) in [5.74, 6) is 0.362. The summed E-state index contributed by atoms with van der Waals surface area (Å²) in [6.07, 6.45) is 0.311. The van der Waals surface area contributed by atoms with E-state index in [9.17, 15) is 4.79 Å². The first-order valence-corrected chi connectivity index (χ1v) is 7.77. The zero-order valence-electron chi connectivity index (χ0n) is 12.4. The van der Waals surface area contributed by atoms with Crippen molar-refractivity contribution in [3.8, 4) is 5.75 Å². The maximum absolute atomic E-state index is 12.2. The highest BCUT2D eigenvalue weighted by atomic mass is 35.5. The largest absolute Gasteiger partial charge is 0.481 e. The predicted octanol–water partition coefficient (Wildman–Crippen LogP) is 4.96. The molecule has 0 aliphatic heterocycles. The van der Waals surface area contributed by atoms with Crippen molar-refractivity contribution in [2.45, 2.75) is 26.4 Å². The van der Waals surface area contributed by atoms with Gasteiger partial charge in [0.25, 0.3) is 5.91 Å². The molecule has 0 saturated heterocycles. The second kappa shape index (κ2) is 7.52. The van der Waals surface area contributed by atoms with E-state index in [0.29, 0.717) is 21.5 Å². The molecule has 1 N–H and O–H groups in total. The molecule has 3 nitrogen and oxygen atoms in total. The van der Waals surface area contributed by atoms with E-state index in [2.05, 4.69) is 12.2 Å². The number of carbonyl (C=O) groups excluding carboxylic acids is 1. The normalized spacial score (nSPS) is 11.8. The number of amides is 1. The van der Waals surface area contributed by atoms with Gasteiger partial charge in [-0.25, -0.2) is 0 Å². The van der Waals surface area contributed by atoms with E-state index in [1.54, 1.807) is 25.1 Å². The number of anilines is 1. The van der Waals surface area contributed by atoms with E-state index in [0.717, 1.165) is 6.42 Å². The molecule has 2 rings (SSSR count). The van der Waals surface area contributed by atoms with Gasteiger partial charge in [-0.1, -0.05) is 48.3 Å². The van der Waals surface area contributed by atoms with Crippen molar-refractivity contribution in [3.63, 3.8) is 0 Å². The molecule has 0 heterocycles. The molecule has 0 spiro atoms. The molecule has 0 radical (unpaired) electrons. The quantitative estimate of drug-likeness (QED) is 0.837. The zero-order chi connectivity index (χ0) is 16.1. The van der Waals surface area contributed by atoms with Gasteiger partial charge in [-0.2, -0.15) is 0 Å². The van der Waals surface area contributed by atoms with Crippen LogP contribution in [0.2, 0.25) is 10.0 Å². The highest BCUT2D eigenvalue weighted by molar-refractivity contribution is 6.44. The van der Waals surface area contributed by atoms with Crippen LogP contribution in [0.3, 0.4) is 0 Å². The molecule has 116 valence electrons. The minimum Gasteiger partial charge on any atom is -0.481 e. The first-order chi connectivity index (χ1) is 10.5. The van der Waals surface area contributed by atoms with Crippen LogP contribution in [0.4, 0.5) is 5.69 Å². The molecule has 0 unspecified atom stereocenters. The molecule has 0 aromatic heterocycles. The second-order valence-electron chi connectivity index (χ2n) is 4.85. The first kappa shape index (κ1) is 16.7. The molecule has 5 heteroatoms. The van der Waals surface area contributed by atoms with Gasteiger partial charge >= 0.3 is 0 Å². The van der Waals surface area contributed by atoms with Crippen LogP contribution in [0, 0.1) is 0 Å². The van der Waals surface area contributed by atoms with Crippen LogP contribution in [-0.4, -0.2) is 12.0 Å². The van der Waals surface area contributed by atoms with Crippen LogP contribution < -0.4 is 10.1 Å². The minimum atomic E-state index is -0.650. The van der Waals surface area contributed by atoms with E-state index >= 15 is 0 Å². The average molecular weight is 338 g/mol. The SMILES string of the molecule is CCc1ccc(O[C@@H](C)C(=O)Nc2cccc(Cl)c2Cl)cc1. The molecular weight excluding hydrogens is 321 g/mol. The van der Waals surface area contributed by atoms with Crippen molar-refractivity contribution < 1.29 is 9.53 Å². The topological polar surface area (TPSA) is 38.3 Å². The fourth-order valence-corrected chi connectivity index (χ4v) is 2.24. The van der Waals surface area contributed by atoms with Crippen molar-refractivity contribution in [1.82, 2.24) is 0 Å². The highest BCUT2D eigenvalue weighted by Crippen LogP contribution is 2.29. The van der Waals surface area contributed by atoms with Crippen LogP contribution in [0.15, 0.2) is 42.5 Å². The van der Waals surface area contributed by atoms with Gasteiger partial charge in [-0.3, -0.25) is 4.79 Å². The van der Waals surface area contributed by atoms with E-state index in [1.165, 1.54) is 5.56 Å². The maximum Gasteiger partial charge on any atom is 0.265 e. The van der Waals surface area contributed by atoms with Crippen LogP contribution in [0.1, 0.15) is 19.4 Å². The monoisotopic (exact) mass is 337 g/mol. The molecule has 1 atom stereocenters. The molecule has 0 fully saturated rings. The Morgan fingerprint density at radius 3 is 2.50 bits per heavy atom. The number of nitrogens with one attached hydrogen (secondary N) is 1. The third kappa shape index (κ3) is 4.15.